The summed E-state index contributed by atoms with van der Waals surface area (Å²) in [6.45, 7) is 3.58. The maximum absolute atomic E-state index is 12.4. The molecule has 0 spiro atoms. The topological polar surface area (TPSA) is 85.3 Å². The van der Waals surface area contributed by atoms with Gasteiger partial charge in [0.25, 0.3) is 0 Å². The number of hydrogen-bond acceptors (Lipinski definition) is 6. The molecule has 1 aliphatic heterocycles. The second kappa shape index (κ2) is 6.44. The van der Waals surface area contributed by atoms with Crippen LogP contribution >= 0.6 is 11.6 Å². The first kappa shape index (κ1) is 16.6. The van der Waals surface area contributed by atoms with Gasteiger partial charge in [-0.05, 0) is 25.7 Å². The fourth-order valence-electron chi connectivity index (χ4n) is 3.24. The third-order valence-electron chi connectivity index (χ3n) is 5.24. The van der Waals surface area contributed by atoms with Crippen molar-refractivity contribution in [2.45, 2.75) is 56.8 Å². The predicted octanol–water partition coefficient (Wildman–Crippen LogP) is 3.10. The fourth-order valence-corrected chi connectivity index (χ4v) is 3.40. The number of aromatic nitrogens is 3. The van der Waals surface area contributed by atoms with Crippen LogP contribution in [-0.2, 0) is 16.6 Å². The molecule has 2 aromatic rings. The first-order valence-corrected chi connectivity index (χ1v) is 9.14. The Labute approximate surface area is 150 Å². The number of nitrogens with zero attached hydrogens (tertiary/aromatic N) is 4. The first-order chi connectivity index (χ1) is 12.0. The van der Waals surface area contributed by atoms with Crippen LogP contribution in [0.4, 0.5) is 0 Å². The number of aryl methyl sites for hydroxylation is 1. The Morgan fingerprint density at radius 2 is 2.08 bits per heavy atom. The second-order valence-electron chi connectivity index (χ2n) is 7.29. The lowest BCUT2D eigenvalue weighted by Gasteiger charge is -2.37. The van der Waals surface area contributed by atoms with Gasteiger partial charge in [-0.25, -0.2) is 0 Å². The van der Waals surface area contributed by atoms with Crippen LogP contribution in [0, 0.1) is 0 Å². The molecule has 1 saturated carbocycles. The summed E-state index contributed by atoms with van der Waals surface area (Å²) in [4.78, 5) is 18.9. The zero-order valence-corrected chi connectivity index (χ0v) is 15.0. The van der Waals surface area contributed by atoms with Crippen LogP contribution in [0.25, 0.3) is 0 Å². The maximum atomic E-state index is 12.4. The van der Waals surface area contributed by atoms with Crippen molar-refractivity contribution in [3.8, 4) is 0 Å². The molecule has 0 bridgehead atoms. The van der Waals surface area contributed by atoms with Gasteiger partial charge >= 0.3 is 0 Å². The summed E-state index contributed by atoms with van der Waals surface area (Å²) in [6.07, 6.45) is 4.90. The number of likely N-dealkylation sites (tertiary alicyclic amines) is 1. The molecule has 134 valence electrons. The summed E-state index contributed by atoms with van der Waals surface area (Å²) in [5.41, 5.74) is -0.119. The quantitative estimate of drug-likeness (QED) is 0.810. The normalized spacial score (nSPS) is 20.0. The van der Waals surface area contributed by atoms with Crippen molar-refractivity contribution in [2.24, 2.45) is 0 Å². The van der Waals surface area contributed by atoms with E-state index in [4.69, 9.17) is 20.6 Å². The second-order valence-corrected chi connectivity index (χ2v) is 7.68. The minimum atomic E-state index is -0.119. The molecular formula is C17H21ClN4O3. The molecule has 0 radical (unpaired) electrons. The molecule has 3 heterocycles. The van der Waals surface area contributed by atoms with Crippen LogP contribution in [0.15, 0.2) is 15.1 Å². The average Bonchev–Trinajstić information content (AvgIpc) is 3.17. The predicted molar refractivity (Wildman–Crippen MR) is 89.3 cm³/mol. The number of carbonyl (C=O) groups is 1. The van der Waals surface area contributed by atoms with Gasteiger partial charge in [0.1, 0.15) is 5.76 Å². The Balaban J connectivity index is 1.31. The molecule has 8 heteroatoms. The molecule has 1 amide bonds. The van der Waals surface area contributed by atoms with Gasteiger partial charge in [0.2, 0.25) is 11.8 Å². The highest BCUT2D eigenvalue weighted by atomic mass is 35.5. The summed E-state index contributed by atoms with van der Waals surface area (Å²) in [5.74, 6) is 2.80. The number of piperidine rings is 1. The Hall–Kier alpha value is -1.89. The molecule has 0 unspecified atom stereocenters. The summed E-state index contributed by atoms with van der Waals surface area (Å²) in [7, 11) is 0. The van der Waals surface area contributed by atoms with Crippen LogP contribution in [-0.4, -0.2) is 39.2 Å². The molecule has 2 aromatic heterocycles. The van der Waals surface area contributed by atoms with E-state index in [0.717, 1.165) is 37.4 Å². The number of halogens is 1. The van der Waals surface area contributed by atoms with Gasteiger partial charge < -0.3 is 13.9 Å². The van der Waals surface area contributed by atoms with E-state index in [0.29, 0.717) is 42.8 Å². The SMILES string of the molecule is CC1(c2noc(C3CC3)n2)CCN(C(=O)CCc2cc(Cl)no2)CC1. The Morgan fingerprint density at radius 1 is 1.32 bits per heavy atom. The summed E-state index contributed by atoms with van der Waals surface area (Å²) in [5, 5.41) is 8.14. The highest BCUT2D eigenvalue weighted by Gasteiger charge is 2.39. The Morgan fingerprint density at radius 3 is 2.72 bits per heavy atom. The number of amides is 1. The molecular weight excluding hydrogens is 344 g/mol. The van der Waals surface area contributed by atoms with Gasteiger partial charge in [-0.15, -0.1) is 0 Å². The van der Waals surface area contributed by atoms with E-state index in [2.05, 4.69) is 22.2 Å². The van der Waals surface area contributed by atoms with Gasteiger partial charge in [-0.2, -0.15) is 4.98 Å². The molecule has 1 aliphatic carbocycles. The molecule has 0 aromatic carbocycles. The molecule has 2 aliphatic rings. The van der Waals surface area contributed by atoms with Gasteiger partial charge in [-0.3, -0.25) is 4.79 Å². The van der Waals surface area contributed by atoms with Gasteiger partial charge in [0, 0.05) is 43.3 Å². The minimum Gasteiger partial charge on any atom is -0.360 e. The molecule has 0 atom stereocenters. The average molecular weight is 365 g/mol. The molecule has 25 heavy (non-hydrogen) atoms. The number of hydrogen-bond donors (Lipinski definition) is 0. The van der Waals surface area contributed by atoms with E-state index in [-0.39, 0.29) is 11.3 Å². The van der Waals surface area contributed by atoms with E-state index >= 15 is 0 Å². The summed E-state index contributed by atoms with van der Waals surface area (Å²) in [6, 6.07) is 1.65. The molecule has 1 saturated heterocycles. The van der Waals surface area contributed by atoms with Crippen LogP contribution in [0.3, 0.4) is 0 Å². The van der Waals surface area contributed by atoms with Crippen molar-refractivity contribution in [1.29, 1.82) is 0 Å². The van der Waals surface area contributed by atoms with Crippen molar-refractivity contribution in [2.75, 3.05) is 13.1 Å². The summed E-state index contributed by atoms with van der Waals surface area (Å²) < 4.78 is 10.4. The third-order valence-corrected chi connectivity index (χ3v) is 5.42. The number of rotatable bonds is 5. The smallest absolute Gasteiger partial charge is 0.229 e. The lowest BCUT2D eigenvalue weighted by Crippen LogP contribution is -2.44. The zero-order chi connectivity index (χ0) is 17.4. The van der Waals surface area contributed by atoms with Gasteiger partial charge in [-0.1, -0.05) is 28.8 Å². The van der Waals surface area contributed by atoms with E-state index in [9.17, 15) is 4.79 Å². The van der Waals surface area contributed by atoms with Crippen molar-refractivity contribution < 1.29 is 13.8 Å². The van der Waals surface area contributed by atoms with Crippen LogP contribution < -0.4 is 0 Å². The van der Waals surface area contributed by atoms with Crippen LogP contribution in [0.5, 0.6) is 0 Å². The van der Waals surface area contributed by atoms with Gasteiger partial charge in [0.05, 0.1) is 0 Å². The summed E-state index contributed by atoms with van der Waals surface area (Å²) >= 11 is 5.72. The Bertz CT molecular complexity index is 760. The van der Waals surface area contributed by atoms with Crippen molar-refractivity contribution in [3.63, 3.8) is 0 Å². The molecule has 2 fully saturated rings. The lowest BCUT2D eigenvalue weighted by atomic mass is 9.79. The number of carbonyl (C=O) groups excluding carboxylic acids is 1. The van der Waals surface area contributed by atoms with E-state index in [1.165, 1.54) is 0 Å². The fraction of sp³-hybridized carbons (Fsp3) is 0.647. The third kappa shape index (κ3) is 3.56. The van der Waals surface area contributed by atoms with Crippen molar-refractivity contribution >= 4 is 17.5 Å². The highest BCUT2D eigenvalue weighted by Crippen LogP contribution is 2.41. The van der Waals surface area contributed by atoms with Crippen molar-refractivity contribution in [1.82, 2.24) is 20.2 Å². The highest BCUT2D eigenvalue weighted by molar-refractivity contribution is 6.29. The molecule has 0 N–H and O–H groups in total. The minimum absolute atomic E-state index is 0.119. The molecule has 4 rings (SSSR count). The Kier molecular flexibility index (Phi) is 4.27. The zero-order valence-electron chi connectivity index (χ0n) is 14.2. The van der Waals surface area contributed by atoms with Crippen molar-refractivity contribution in [3.05, 3.63) is 28.7 Å². The van der Waals surface area contributed by atoms with Gasteiger partial charge in [0.15, 0.2) is 11.0 Å². The lowest BCUT2D eigenvalue weighted by molar-refractivity contribution is -0.132. The van der Waals surface area contributed by atoms with Crippen LogP contribution in [0.2, 0.25) is 5.15 Å². The standard InChI is InChI=1S/C17H21ClN4O3/c1-17(16-19-15(25-21-16)11-2-3-11)6-8-22(9-7-17)14(23)5-4-12-10-13(18)20-24-12/h10-11H,2-9H2,1H3. The van der Waals surface area contributed by atoms with E-state index in [1.54, 1.807) is 6.07 Å². The van der Waals surface area contributed by atoms with E-state index < -0.39 is 0 Å². The van der Waals surface area contributed by atoms with Crippen LogP contribution in [0.1, 0.15) is 62.4 Å². The first-order valence-electron chi connectivity index (χ1n) is 8.76. The maximum Gasteiger partial charge on any atom is 0.229 e. The van der Waals surface area contributed by atoms with E-state index in [1.807, 2.05) is 4.90 Å². The monoisotopic (exact) mass is 364 g/mol. The molecule has 7 nitrogen and oxygen atoms in total. The largest absolute Gasteiger partial charge is 0.360 e.